The number of amides is 1. The second-order valence-electron chi connectivity index (χ2n) is 3.94. The molecule has 0 atom stereocenters. The molecule has 0 saturated heterocycles. The molecule has 2 N–H and O–H groups in total. The predicted molar refractivity (Wildman–Crippen MR) is 71.7 cm³/mol. The van der Waals surface area contributed by atoms with Crippen molar-refractivity contribution in [3.63, 3.8) is 0 Å². The summed E-state index contributed by atoms with van der Waals surface area (Å²) in [6.45, 7) is -0.126. The van der Waals surface area contributed by atoms with Gasteiger partial charge in [0.15, 0.2) is 0 Å². The maximum Gasteiger partial charge on any atom is 0.258 e. The fourth-order valence-corrected chi connectivity index (χ4v) is 1.78. The van der Waals surface area contributed by atoms with Crippen molar-refractivity contribution in [2.75, 3.05) is 5.32 Å². The lowest BCUT2D eigenvalue weighted by atomic mass is 10.1. The zero-order chi connectivity index (χ0) is 13.8. The van der Waals surface area contributed by atoms with Crippen LogP contribution in [-0.4, -0.2) is 11.0 Å². The first kappa shape index (κ1) is 13.5. The van der Waals surface area contributed by atoms with Crippen molar-refractivity contribution in [3.8, 4) is 0 Å². The number of hydrogen-bond acceptors (Lipinski definition) is 2. The number of aliphatic hydroxyl groups excluding tert-OH is 1. The molecule has 0 saturated carbocycles. The molecule has 5 heteroatoms. The van der Waals surface area contributed by atoms with Crippen molar-refractivity contribution in [1.82, 2.24) is 0 Å². The Balaban J connectivity index is 2.20. The van der Waals surface area contributed by atoms with Gasteiger partial charge in [0.2, 0.25) is 0 Å². The normalized spacial score (nSPS) is 10.3. The number of anilines is 1. The fourth-order valence-electron chi connectivity index (χ4n) is 1.62. The summed E-state index contributed by atoms with van der Waals surface area (Å²) in [5.74, 6) is -1.24. The topological polar surface area (TPSA) is 49.3 Å². The van der Waals surface area contributed by atoms with Crippen LogP contribution in [0, 0.1) is 5.82 Å². The quantitative estimate of drug-likeness (QED) is 0.906. The van der Waals surface area contributed by atoms with Crippen LogP contribution in [0.15, 0.2) is 42.5 Å². The summed E-state index contributed by atoms with van der Waals surface area (Å²) in [6, 6.07) is 10.5. The van der Waals surface area contributed by atoms with E-state index in [0.717, 1.165) is 6.07 Å². The van der Waals surface area contributed by atoms with E-state index in [-0.39, 0.29) is 17.2 Å². The third kappa shape index (κ3) is 3.30. The van der Waals surface area contributed by atoms with Crippen LogP contribution >= 0.6 is 11.6 Å². The van der Waals surface area contributed by atoms with Gasteiger partial charge in [0.05, 0.1) is 12.2 Å². The summed E-state index contributed by atoms with van der Waals surface area (Å²) < 4.78 is 13.6. The third-order valence-electron chi connectivity index (χ3n) is 2.54. The van der Waals surface area contributed by atoms with Crippen molar-refractivity contribution in [2.45, 2.75) is 6.61 Å². The Hall–Kier alpha value is -1.91. The highest BCUT2D eigenvalue weighted by atomic mass is 35.5. The fraction of sp³-hybridized carbons (Fsp3) is 0.0714. The molecule has 2 aromatic carbocycles. The minimum atomic E-state index is -0.677. The summed E-state index contributed by atoms with van der Waals surface area (Å²) in [6.07, 6.45) is 0. The van der Waals surface area contributed by atoms with E-state index in [2.05, 4.69) is 5.32 Å². The SMILES string of the molecule is O=C(Nc1cccc(CO)c1)c1ccc(Cl)cc1F. The zero-order valence-electron chi connectivity index (χ0n) is 9.86. The van der Waals surface area contributed by atoms with Crippen molar-refractivity contribution in [2.24, 2.45) is 0 Å². The molecule has 2 rings (SSSR count). The Bertz CT molecular complexity index is 616. The van der Waals surface area contributed by atoms with E-state index in [0.29, 0.717) is 11.3 Å². The average molecular weight is 280 g/mol. The predicted octanol–water partition coefficient (Wildman–Crippen LogP) is 3.22. The molecule has 98 valence electrons. The van der Waals surface area contributed by atoms with Crippen LogP contribution in [0.3, 0.4) is 0 Å². The first-order chi connectivity index (χ1) is 9.10. The largest absolute Gasteiger partial charge is 0.392 e. The van der Waals surface area contributed by atoms with Crippen LogP contribution in [-0.2, 0) is 6.61 Å². The molecule has 0 unspecified atom stereocenters. The molecule has 0 spiro atoms. The van der Waals surface area contributed by atoms with Gasteiger partial charge in [-0.1, -0.05) is 23.7 Å². The second kappa shape index (κ2) is 5.82. The van der Waals surface area contributed by atoms with E-state index in [9.17, 15) is 9.18 Å². The first-order valence-electron chi connectivity index (χ1n) is 5.56. The summed E-state index contributed by atoms with van der Waals surface area (Å²) in [4.78, 5) is 11.9. The van der Waals surface area contributed by atoms with Gasteiger partial charge in [-0.3, -0.25) is 4.79 Å². The molecule has 1 amide bonds. The Labute approximate surface area is 114 Å². The maximum atomic E-state index is 13.6. The van der Waals surface area contributed by atoms with Crippen LogP contribution in [0.5, 0.6) is 0 Å². The number of carbonyl (C=O) groups is 1. The van der Waals surface area contributed by atoms with Crippen LogP contribution in [0.4, 0.5) is 10.1 Å². The van der Waals surface area contributed by atoms with E-state index in [1.165, 1.54) is 12.1 Å². The van der Waals surface area contributed by atoms with E-state index < -0.39 is 11.7 Å². The van der Waals surface area contributed by atoms with Gasteiger partial charge in [-0.25, -0.2) is 4.39 Å². The Morgan fingerprint density at radius 2 is 2.05 bits per heavy atom. The third-order valence-corrected chi connectivity index (χ3v) is 2.78. The number of hydrogen-bond donors (Lipinski definition) is 2. The number of benzene rings is 2. The molecule has 0 aliphatic carbocycles. The summed E-state index contributed by atoms with van der Waals surface area (Å²) in [5, 5.41) is 11.8. The van der Waals surface area contributed by atoms with Crippen molar-refractivity contribution < 1.29 is 14.3 Å². The lowest BCUT2D eigenvalue weighted by Gasteiger charge is -2.07. The molecular formula is C14H11ClFNO2. The Kier molecular flexibility index (Phi) is 4.14. The second-order valence-corrected chi connectivity index (χ2v) is 4.37. The van der Waals surface area contributed by atoms with Gasteiger partial charge in [-0.05, 0) is 35.9 Å². The zero-order valence-corrected chi connectivity index (χ0v) is 10.6. The lowest BCUT2D eigenvalue weighted by molar-refractivity contribution is 0.102. The molecule has 3 nitrogen and oxygen atoms in total. The van der Waals surface area contributed by atoms with Gasteiger partial charge in [0, 0.05) is 10.7 Å². The molecule has 2 aromatic rings. The van der Waals surface area contributed by atoms with Gasteiger partial charge in [-0.15, -0.1) is 0 Å². The van der Waals surface area contributed by atoms with Crippen molar-refractivity contribution in [1.29, 1.82) is 0 Å². The van der Waals surface area contributed by atoms with Gasteiger partial charge in [0.1, 0.15) is 5.82 Å². The molecule has 0 aliphatic rings. The lowest BCUT2D eigenvalue weighted by Crippen LogP contribution is -2.13. The number of rotatable bonds is 3. The van der Waals surface area contributed by atoms with E-state index in [4.69, 9.17) is 16.7 Å². The summed E-state index contributed by atoms with van der Waals surface area (Å²) in [7, 11) is 0. The molecule has 0 bridgehead atoms. The standard InChI is InChI=1S/C14H11ClFNO2/c15-10-4-5-12(13(16)7-10)14(19)17-11-3-1-2-9(6-11)8-18/h1-7,18H,8H2,(H,17,19). The summed E-state index contributed by atoms with van der Waals surface area (Å²) >= 11 is 5.62. The Morgan fingerprint density at radius 3 is 2.74 bits per heavy atom. The number of aliphatic hydroxyl groups is 1. The van der Waals surface area contributed by atoms with Crippen LogP contribution in [0.1, 0.15) is 15.9 Å². The van der Waals surface area contributed by atoms with Gasteiger partial charge >= 0.3 is 0 Å². The number of carbonyl (C=O) groups excluding carboxylic acids is 1. The molecule has 0 fully saturated rings. The van der Waals surface area contributed by atoms with Gasteiger partial charge < -0.3 is 10.4 Å². The van der Waals surface area contributed by atoms with E-state index in [1.54, 1.807) is 24.3 Å². The number of nitrogens with one attached hydrogen (secondary N) is 1. The highest BCUT2D eigenvalue weighted by Crippen LogP contribution is 2.17. The van der Waals surface area contributed by atoms with E-state index in [1.807, 2.05) is 0 Å². The Morgan fingerprint density at radius 1 is 1.26 bits per heavy atom. The van der Waals surface area contributed by atoms with E-state index >= 15 is 0 Å². The minimum Gasteiger partial charge on any atom is -0.392 e. The highest BCUT2D eigenvalue weighted by molar-refractivity contribution is 6.30. The molecule has 0 aromatic heterocycles. The van der Waals surface area contributed by atoms with Gasteiger partial charge in [-0.2, -0.15) is 0 Å². The van der Waals surface area contributed by atoms with Gasteiger partial charge in [0.25, 0.3) is 5.91 Å². The molecule has 0 heterocycles. The molecular weight excluding hydrogens is 269 g/mol. The first-order valence-corrected chi connectivity index (χ1v) is 5.94. The average Bonchev–Trinajstić information content (AvgIpc) is 2.38. The van der Waals surface area contributed by atoms with Crippen molar-refractivity contribution in [3.05, 3.63) is 64.4 Å². The molecule has 19 heavy (non-hydrogen) atoms. The minimum absolute atomic E-state index is 0.0844. The molecule has 0 radical (unpaired) electrons. The molecule has 0 aliphatic heterocycles. The highest BCUT2D eigenvalue weighted by Gasteiger charge is 2.12. The van der Waals surface area contributed by atoms with Crippen molar-refractivity contribution >= 4 is 23.2 Å². The van der Waals surface area contributed by atoms with Crippen LogP contribution < -0.4 is 5.32 Å². The van der Waals surface area contributed by atoms with Crippen LogP contribution in [0.25, 0.3) is 0 Å². The maximum absolute atomic E-state index is 13.6. The number of halogens is 2. The van der Waals surface area contributed by atoms with Crippen LogP contribution in [0.2, 0.25) is 5.02 Å². The monoisotopic (exact) mass is 279 g/mol. The smallest absolute Gasteiger partial charge is 0.258 e. The summed E-state index contributed by atoms with van der Waals surface area (Å²) in [5.41, 5.74) is 1.07.